The van der Waals surface area contributed by atoms with E-state index in [-0.39, 0.29) is 23.3 Å². The molecule has 7 heteroatoms. The van der Waals surface area contributed by atoms with E-state index in [4.69, 9.17) is 4.74 Å². The topological polar surface area (TPSA) is 87.4 Å². The molecule has 1 fully saturated rings. The zero-order chi connectivity index (χ0) is 24.0. The van der Waals surface area contributed by atoms with E-state index in [1.54, 1.807) is 18.1 Å². The zero-order valence-corrected chi connectivity index (χ0v) is 19.9. The lowest BCUT2D eigenvalue weighted by Gasteiger charge is -2.31. The van der Waals surface area contributed by atoms with Crippen LogP contribution >= 0.6 is 0 Å². The molecule has 1 aromatic carbocycles. The molecule has 0 saturated carbocycles. The van der Waals surface area contributed by atoms with E-state index < -0.39 is 0 Å². The van der Waals surface area contributed by atoms with Crippen molar-refractivity contribution >= 4 is 17.9 Å². The summed E-state index contributed by atoms with van der Waals surface area (Å²) in [4.78, 5) is 26.9. The van der Waals surface area contributed by atoms with Crippen molar-refractivity contribution in [2.45, 2.75) is 40.0 Å². The Morgan fingerprint density at radius 1 is 1.21 bits per heavy atom. The summed E-state index contributed by atoms with van der Waals surface area (Å²) in [6.07, 6.45) is 3.81. The summed E-state index contributed by atoms with van der Waals surface area (Å²) in [7, 11) is 1.63. The van der Waals surface area contributed by atoms with Gasteiger partial charge in [-0.1, -0.05) is 6.92 Å². The number of rotatable bonds is 7. The Balaban J connectivity index is 1.75. The molecule has 2 aromatic rings. The largest absolute Gasteiger partial charge is 0.497 e. The van der Waals surface area contributed by atoms with Crippen LogP contribution in [0, 0.1) is 31.1 Å². The van der Waals surface area contributed by atoms with Gasteiger partial charge in [0.2, 0.25) is 5.91 Å². The Morgan fingerprint density at radius 3 is 2.45 bits per heavy atom. The van der Waals surface area contributed by atoms with Gasteiger partial charge in [-0.15, -0.1) is 0 Å². The molecule has 0 radical (unpaired) electrons. The summed E-state index contributed by atoms with van der Waals surface area (Å²) in [5.41, 5.74) is 3.89. The van der Waals surface area contributed by atoms with Crippen LogP contribution in [0.5, 0.6) is 5.75 Å². The second-order valence-corrected chi connectivity index (χ2v) is 8.39. The fourth-order valence-electron chi connectivity index (χ4n) is 4.27. The van der Waals surface area contributed by atoms with E-state index in [9.17, 15) is 14.9 Å². The van der Waals surface area contributed by atoms with Crippen LogP contribution in [0.4, 0.5) is 0 Å². The number of hydrogen-bond acceptors (Lipinski definition) is 4. The number of piperidine rings is 1. The van der Waals surface area contributed by atoms with Gasteiger partial charge in [0.05, 0.1) is 7.11 Å². The number of carbonyl (C=O) groups excluding carboxylic acids is 2. The Labute approximate surface area is 195 Å². The van der Waals surface area contributed by atoms with Crippen LogP contribution in [0.1, 0.15) is 43.1 Å². The van der Waals surface area contributed by atoms with E-state index in [2.05, 4.69) is 16.0 Å². The predicted molar refractivity (Wildman–Crippen MR) is 128 cm³/mol. The monoisotopic (exact) mass is 448 g/mol. The van der Waals surface area contributed by atoms with Gasteiger partial charge in [-0.05, 0) is 75.1 Å². The van der Waals surface area contributed by atoms with Crippen molar-refractivity contribution in [2.75, 3.05) is 26.7 Å². The van der Waals surface area contributed by atoms with Gasteiger partial charge in [-0.3, -0.25) is 9.59 Å². The molecule has 1 aromatic heterocycles. The number of nitrogens with zero attached hydrogens (tertiary/aromatic N) is 3. The maximum absolute atomic E-state index is 13.0. The molecule has 33 heavy (non-hydrogen) atoms. The van der Waals surface area contributed by atoms with Crippen molar-refractivity contribution in [3.05, 3.63) is 52.9 Å². The number of nitrogens with one attached hydrogen (secondary N) is 1. The number of aromatic nitrogens is 1. The molecule has 1 saturated heterocycles. The van der Waals surface area contributed by atoms with Crippen LogP contribution in [0.25, 0.3) is 11.8 Å². The third-order valence-electron chi connectivity index (χ3n) is 6.15. The molecule has 2 amide bonds. The van der Waals surface area contributed by atoms with Gasteiger partial charge in [-0.2, -0.15) is 5.26 Å². The minimum atomic E-state index is -0.279. The quantitative estimate of drug-likeness (QED) is 0.516. The number of nitriles is 1. The molecule has 174 valence electrons. The summed E-state index contributed by atoms with van der Waals surface area (Å²) in [6, 6.07) is 11.8. The van der Waals surface area contributed by atoms with E-state index in [1.165, 1.54) is 0 Å². The summed E-state index contributed by atoms with van der Waals surface area (Å²) in [6.45, 7) is 7.62. The van der Waals surface area contributed by atoms with Crippen LogP contribution in [0.15, 0.2) is 35.9 Å². The lowest BCUT2D eigenvalue weighted by Crippen LogP contribution is -2.43. The molecule has 1 N–H and O–H groups in total. The number of amides is 2. The number of ether oxygens (including phenoxy) is 1. The molecule has 0 aliphatic carbocycles. The third kappa shape index (κ3) is 5.46. The lowest BCUT2D eigenvalue weighted by molar-refractivity contribution is -0.132. The van der Waals surface area contributed by atoms with Crippen molar-refractivity contribution in [1.82, 2.24) is 14.8 Å². The average Bonchev–Trinajstić information content (AvgIpc) is 3.13. The standard InChI is InChI=1S/C26H32N4O3/c1-5-12-28-25(31)20-10-13-29(14-11-20)26(32)22(17-27)16-21-15-18(2)30(19(21)3)23-6-8-24(33-4)9-7-23/h6-9,15-16,20H,5,10-14H2,1-4H3,(H,28,31)/b22-16+. The SMILES string of the molecule is CCCNC(=O)C1CCN(C(=O)/C(C#N)=C/c2cc(C)n(-c3ccc(OC)cc3)c2C)CC1. The van der Waals surface area contributed by atoms with Gasteiger partial charge in [0, 0.05) is 42.6 Å². The van der Waals surface area contributed by atoms with E-state index in [0.29, 0.717) is 32.5 Å². The molecular weight excluding hydrogens is 416 g/mol. The predicted octanol–water partition coefficient (Wildman–Crippen LogP) is 3.77. The van der Waals surface area contributed by atoms with Crippen LogP contribution in [0.2, 0.25) is 0 Å². The lowest BCUT2D eigenvalue weighted by atomic mass is 9.95. The molecule has 3 rings (SSSR count). The smallest absolute Gasteiger partial charge is 0.264 e. The maximum atomic E-state index is 13.0. The second-order valence-electron chi connectivity index (χ2n) is 8.39. The van der Waals surface area contributed by atoms with Gasteiger partial charge in [0.25, 0.3) is 5.91 Å². The molecule has 2 heterocycles. The Hall–Kier alpha value is -3.53. The summed E-state index contributed by atoms with van der Waals surface area (Å²) in [5.74, 6) is 0.494. The molecule has 1 aliphatic heterocycles. The van der Waals surface area contributed by atoms with Gasteiger partial charge >= 0.3 is 0 Å². The number of carbonyl (C=O) groups is 2. The Bertz CT molecular complexity index is 1070. The van der Waals surface area contributed by atoms with Crippen molar-refractivity contribution in [3.63, 3.8) is 0 Å². The number of aryl methyl sites for hydroxylation is 1. The first-order valence-electron chi connectivity index (χ1n) is 11.4. The fourth-order valence-corrected chi connectivity index (χ4v) is 4.27. The first kappa shape index (κ1) is 24.1. The molecule has 1 aliphatic rings. The summed E-state index contributed by atoms with van der Waals surface area (Å²) >= 11 is 0. The molecule has 0 bridgehead atoms. The third-order valence-corrected chi connectivity index (χ3v) is 6.15. The second kappa shape index (κ2) is 10.9. The molecular formula is C26H32N4O3. The van der Waals surface area contributed by atoms with Gasteiger partial charge in [0.1, 0.15) is 17.4 Å². The van der Waals surface area contributed by atoms with Crippen molar-refractivity contribution in [3.8, 4) is 17.5 Å². The van der Waals surface area contributed by atoms with Crippen LogP contribution in [0.3, 0.4) is 0 Å². The Kier molecular flexibility index (Phi) is 7.94. The molecule has 0 spiro atoms. The van der Waals surface area contributed by atoms with Gasteiger partial charge in [-0.25, -0.2) is 0 Å². The highest BCUT2D eigenvalue weighted by Gasteiger charge is 2.28. The first-order chi connectivity index (χ1) is 15.9. The molecule has 0 unspecified atom stereocenters. The summed E-state index contributed by atoms with van der Waals surface area (Å²) in [5, 5.41) is 12.6. The minimum absolute atomic E-state index is 0.0611. The first-order valence-corrected chi connectivity index (χ1v) is 11.4. The minimum Gasteiger partial charge on any atom is -0.497 e. The van der Waals surface area contributed by atoms with Gasteiger partial charge < -0.3 is 19.5 Å². The van der Waals surface area contributed by atoms with Crippen LogP contribution in [-0.4, -0.2) is 48.0 Å². The molecule has 0 atom stereocenters. The maximum Gasteiger partial charge on any atom is 0.264 e. The highest BCUT2D eigenvalue weighted by atomic mass is 16.5. The van der Waals surface area contributed by atoms with Crippen molar-refractivity contribution < 1.29 is 14.3 Å². The van der Waals surface area contributed by atoms with Crippen LogP contribution < -0.4 is 10.1 Å². The zero-order valence-electron chi connectivity index (χ0n) is 19.9. The fraction of sp³-hybridized carbons (Fsp3) is 0.423. The number of benzene rings is 1. The Morgan fingerprint density at radius 2 is 1.88 bits per heavy atom. The van der Waals surface area contributed by atoms with Crippen LogP contribution in [-0.2, 0) is 9.59 Å². The normalized spacial score (nSPS) is 14.6. The number of likely N-dealkylation sites (tertiary alicyclic amines) is 1. The van der Waals surface area contributed by atoms with Crippen molar-refractivity contribution in [1.29, 1.82) is 5.26 Å². The summed E-state index contributed by atoms with van der Waals surface area (Å²) < 4.78 is 7.33. The van der Waals surface area contributed by atoms with E-state index in [0.717, 1.165) is 34.8 Å². The number of methoxy groups -OCH3 is 1. The number of hydrogen-bond donors (Lipinski definition) is 1. The average molecular weight is 449 g/mol. The molecule has 7 nitrogen and oxygen atoms in total. The van der Waals surface area contributed by atoms with Gasteiger partial charge in [0.15, 0.2) is 0 Å². The highest BCUT2D eigenvalue weighted by molar-refractivity contribution is 6.02. The highest BCUT2D eigenvalue weighted by Crippen LogP contribution is 2.25. The van der Waals surface area contributed by atoms with Crippen molar-refractivity contribution in [2.24, 2.45) is 5.92 Å². The van der Waals surface area contributed by atoms with E-state index >= 15 is 0 Å². The van der Waals surface area contributed by atoms with E-state index in [1.807, 2.05) is 51.1 Å².